The van der Waals surface area contributed by atoms with Gasteiger partial charge in [-0.1, -0.05) is 18.0 Å². The molecular weight excluding hydrogens is 508 g/mol. The average molecular weight is 537 g/mol. The summed E-state index contributed by atoms with van der Waals surface area (Å²) in [6.07, 6.45) is 9.64. The molecule has 1 saturated heterocycles. The number of amides is 1. The Labute approximate surface area is 225 Å². The summed E-state index contributed by atoms with van der Waals surface area (Å²) in [5, 5.41) is 9.56. The summed E-state index contributed by atoms with van der Waals surface area (Å²) in [7, 11) is 0. The zero-order valence-corrected chi connectivity index (χ0v) is 21.6. The van der Waals surface area contributed by atoms with Crippen molar-refractivity contribution in [3.8, 4) is 11.3 Å². The van der Waals surface area contributed by atoms with E-state index in [-0.39, 0.29) is 17.8 Å². The van der Waals surface area contributed by atoms with Crippen LogP contribution in [0.25, 0.3) is 11.3 Å². The topological polar surface area (TPSA) is 142 Å². The van der Waals surface area contributed by atoms with E-state index in [1.54, 1.807) is 12.3 Å². The molecule has 3 atom stereocenters. The van der Waals surface area contributed by atoms with Crippen molar-refractivity contribution in [1.29, 1.82) is 0 Å². The Kier molecular flexibility index (Phi) is 6.38. The lowest BCUT2D eigenvalue weighted by molar-refractivity contribution is -0.0449. The normalized spacial score (nSPS) is 24.9. The molecule has 4 heterocycles. The minimum absolute atomic E-state index is 0.0511. The molecule has 198 valence electrons. The minimum atomic E-state index is -1.44. The van der Waals surface area contributed by atoms with Crippen LogP contribution >= 0.6 is 11.6 Å². The van der Waals surface area contributed by atoms with Crippen molar-refractivity contribution in [1.82, 2.24) is 19.9 Å². The maximum Gasteiger partial charge on any atom is 0.433 e. The molecule has 11 nitrogen and oxygen atoms in total. The highest BCUT2D eigenvalue weighted by molar-refractivity contribution is 6.30. The van der Waals surface area contributed by atoms with Gasteiger partial charge >= 0.3 is 6.09 Å². The third-order valence-corrected chi connectivity index (χ3v) is 8.03. The quantitative estimate of drug-likeness (QED) is 0.430. The number of fused-ring (bicyclic) bond motifs is 2. The van der Waals surface area contributed by atoms with E-state index in [2.05, 4.69) is 41.5 Å². The fraction of sp³-hybridized carbons (Fsp3) is 0.462. The molecule has 1 amide bonds. The van der Waals surface area contributed by atoms with Gasteiger partial charge in [0.1, 0.15) is 23.2 Å². The SMILES string of the molecule is C=Nc1nc(/C(N)=N/C(=O)O)nc(-c2cncc(Cl)c2)c1N1CC2CCCC3=C2N(C1)C1CCCCC1O3. The molecule has 1 saturated carbocycles. The number of amidine groups is 1. The number of ether oxygens (including phenoxy) is 1. The number of anilines is 1. The highest BCUT2D eigenvalue weighted by Gasteiger charge is 2.46. The van der Waals surface area contributed by atoms with Crippen LogP contribution in [0.1, 0.15) is 50.8 Å². The molecule has 2 aromatic heterocycles. The maximum atomic E-state index is 11.2. The first kappa shape index (κ1) is 24.6. The molecule has 0 aromatic carbocycles. The van der Waals surface area contributed by atoms with Gasteiger partial charge in [0.2, 0.25) is 0 Å². The summed E-state index contributed by atoms with van der Waals surface area (Å²) in [5.41, 5.74) is 9.11. The average Bonchev–Trinajstić information content (AvgIpc) is 2.92. The van der Waals surface area contributed by atoms with Crippen molar-refractivity contribution in [2.75, 3.05) is 18.1 Å². The van der Waals surface area contributed by atoms with Crippen LogP contribution < -0.4 is 10.6 Å². The van der Waals surface area contributed by atoms with E-state index in [0.29, 0.717) is 46.4 Å². The molecule has 2 aliphatic carbocycles. The van der Waals surface area contributed by atoms with Crippen molar-refractivity contribution < 1.29 is 14.6 Å². The number of rotatable bonds is 4. The Hall–Kier alpha value is -3.73. The predicted octanol–water partition coefficient (Wildman–Crippen LogP) is 4.34. The molecule has 6 rings (SSSR count). The lowest BCUT2D eigenvalue weighted by Gasteiger charge is -2.55. The van der Waals surface area contributed by atoms with Crippen LogP contribution in [0.15, 0.2) is 39.9 Å². The molecule has 4 aliphatic rings. The summed E-state index contributed by atoms with van der Waals surface area (Å²) in [6, 6.07) is 2.07. The van der Waals surface area contributed by atoms with Crippen molar-refractivity contribution in [3.63, 3.8) is 0 Å². The van der Waals surface area contributed by atoms with Crippen LogP contribution in [-0.4, -0.2) is 69.0 Å². The van der Waals surface area contributed by atoms with Gasteiger partial charge in [0.05, 0.1) is 23.4 Å². The molecule has 3 unspecified atom stereocenters. The van der Waals surface area contributed by atoms with E-state index in [4.69, 9.17) is 27.2 Å². The number of carbonyl (C=O) groups is 1. The number of nitrogens with two attached hydrogens (primary N) is 1. The lowest BCUT2D eigenvalue weighted by atomic mass is 9.82. The first-order valence-electron chi connectivity index (χ1n) is 12.9. The number of carboxylic acid groups (broad SMARTS) is 1. The molecule has 3 N–H and O–H groups in total. The highest BCUT2D eigenvalue weighted by Crippen LogP contribution is 2.47. The Morgan fingerprint density at radius 2 is 2.05 bits per heavy atom. The second-order valence-corrected chi connectivity index (χ2v) is 10.6. The Bertz CT molecular complexity index is 1360. The van der Waals surface area contributed by atoms with Gasteiger partial charge in [-0.15, -0.1) is 0 Å². The maximum absolute atomic E-state index is 11.2. The van der Waals surface area contributed by atoms with Crippen molar-refractivity contribution in [2.45, 2.75) is 57.1 Å². The van der Waals surface area contributed by atoms with Gasteiger partial charge in [-0.2, -0.15) is 4.99 Å². The molecular formula is C26H29ClN8O3. The minimum Gasteiger partial charge on any atom is -0.491 e. The van der Waals surface area contributed by atoms with Gasteiger partial charge in [-0.25, -0.2) is 19.8 Å². The van der Waals surface area contributed by atoms with E-state index in [1.165, 1.54) is 24.7 Å². The van der Waals surface area contributed by atoms with E-state index in [9.17, 15) is 4.79 Å². The Morgan fingerprint density at radius 1 is 1.21 bits per heavy atom. The van der Waals surface area contributed by atoms with Gasteiger partial charge in [0.15, 0.2) is 17.5 Å². The van der Waals surface area contributed by atoms with E-state index < -0.39 is 6.09 Å². The van der Waals surface area contributed by atoms with Crippen LogP contribution in [0.3, 0.4) is 0 Å². The first-order chi connectivity index (χ1) is 18.4. The molecule has 2 aromatic rings. The zero-order valence-electron chi connectivity index (χ0n) is 20.9. The number of hydrogen-bond acceptors (Lipinski definition) is 8. The van der Waals surface area contributed by atoms with Crippen LogP contribution in [0, 0.1) is 5.92 Å². The zero-order chi connectivity index (χ0) is 26.4. The Morgan fingerprint density at radius 3 is 2.84 bits per heavy atom. The summed E-state index contributed by atoms with van der Waals surface area (Å²) >= 11 is 6.30. The number of aliphatic imine (C=N–C) groups is 2. The number of allylic oxidation sites excluding steroid dienone is 1. The van der Waals surface area contributed by atoms with Gasteiger partial charge < -0.3 is 25.4 Å². The van der Waals surface area contributed by atoms with Crippen molar-refractivity contribution in [3.05, 3.63) is 40.8 Å². The summed E-state index contributed by atoms with van der Waals surface area (Å²) in [6.45, 7) is 5.13. The third-order valence-electron chi connectivity index (χ3n) is 7.82. The van der Waals surface area contributed by atoms with Crippen LogP contribution in [0.4, 0.5) is 16.3 Å². The number of hydrogen-bond donors (Lipinski definition) is 2. The number of nitrogens with zero attached hydrogens (tertiary/aromatic N) is 7. The summed E-state index contributed by atoms with van der Waals surface area (Å²) < 4.78 is 6.56. The first-order valence-corrected chi connectivity index (χ1v) is 13.3. The van der Waals surface area contributed by atoms with E-state index >= 15 is 0 Å². The molecule has 2 fully saturated rings. The summed E-state index contributed by atoms with van der Waals surface area (Å²) in [5.74, 6) is 1.38. The molecule has 38 heavy (non-hydrogen) atoms. The van der Waals surface area contributed by atoms with Gasteiger partial charge in [-0.05, 0) is 44.9 Å². The van der Waals surface area contributed by atoms with Gasteiger partial charge in [0.25, 0.3) is 0 Å². The highest BCUT2D eigenvalue weighted by atomic mass is 35.5. The van der Waals surface area contributed by atoms with Crippen molar-refractivity contribution >= 4 is 41.8 Å². The van der Waals surface area contributed by atoms with E-state index in [0.717, 1.165) is 44.4 Å². The molecule has 2 aliphatic heterocycles. The van der Waals surface area contributed by atoms with Gasteiger partial charge in [-0.3, -0.25) is 4.98 Å². The van der Waals surface area contributed by atoms with Crippen LogP contribution in [0.5, 0.6) is 0 Å². The number of aromatic nitrogens is 3. The van der Waals surface area contributed by atoms with Crippen LogP contribution in [0.2, 0.25) is 5.02 Å². The van der Waals surface area contributed by atoms with Gasteiger partial charge in [0, 0.05) is 36.8 Å². The molecule has 0 spiro atoms. The molecule has 0 bridgehead atoms. The second kappa shape index (κ2) is 9.86. The fourth-order valence-corrected chi connectivity index (χ4v) is 6.51. The van der Waals surface area contributed by atoms with Crippen LogP contribution in [-0.2, 0) is 4.74 Å². The second-order valence-electron chi connectivity index (χ2n) is 10.1. The summed E-state index contributed by atoms with van der Waals surface area (Å²) in [4.78, 5) is 37.0. The smallest absolute Gasteiger partial charge is 0.433 e. The molecule has 0 radical (unpaired) electrons. The standard InChI is InChI=1S/C26H29ClN8O3/c1-29-24-22(20(15-9-16(27)11-30-10-15)31-25(33-24)23(28)32-26(36)37)34-12-14-5-4-8-19-21(14)35(13-34)17-6-2-3-7-18(17)38-19/h9-11,14,17-18H,1-8,12-13H2,(H2,28,32)(H,36,37). The Balaban J connectivity index is 1.49. The number of halogens is 1. The predicted molar refractivity (Wildman–Crippen MR) is 144 cm³/mol. The van der Waals surface area contributed by atoms with E-state index in [1.807, 2.05) is 0 Å². The third kappa shape index (κ3) is 4.34. The fourth-order valence-electron chi connectivity index (χ4n) is 6.33. The van der Waals surface area contributed by atoms with Crippen molar-refractivity contribution in [2.24, 2.45) is 21.6 Å². The number of pyridine rings is 1. The largest absolute Gasteiger partial charge is 0.491 e. The monoisotopic (exact) mass is 536 g/mol. The lowest BCUT2D eigenvalue weighted by Crippen LogP contribution is -2.59. The molecule has 12 heteroatoms.